The Labute approximate surface area is 158 Å². The summed E-state index contributed by atoms with van der Waals surface area (Å²) in [6.45, 7) is 5.66. The van der Waals surface area contributed by atoms with E-state index in [1.165, 1.54) is 5.56 Å². The molecule has 3 N–H and O–H groups in total. The molecule has 1 atom stereocenters. The van der Waals surface area contributed by atoms with E-state index in [2.05, 4.69) is 16.2 Å². The van der Waals surface area contributed by atoms with Crippen LogP contribution in [0.1, 0.15) is 18.1 Å². The standard InChI is InChI=1S/C19H23N3O3S/c1-12-8-9-17(13(2)10-12)20-19(26)22-21-18(23)14(3)25-16-7-5-6-15(11-16)24-4/h5-11,14H,1-4H3,(H,21,23)(H2,20,22,26)/t14-/m1/s1. The van der Waals surface area contributed by atoms with E-state index in [4.69, 9.17) is 21.7 Å². The first kappa shape index (κ1) is 19.5. The van der Waals surface area contributed by atoms with Crippen LogP contribution in [0.15, 0.2) is 42.5 Å². The van der Waals surface area contributed by atoms with E-state index in [0.29, 0.717) is 16.6 Å². The number of hydrazine groups is 1. The van der Waals surface area contributed by atoms with Gasteiger partial charge in [0, 0.05) is 11.8 Å². The molecule has 0 saturated heterocycles. The van der Waals surface area contributed by atoms with E-state index in [-0.39, 0.29) is 5.91 Å². The molecule has 26 heavy (non-hydrogen) atoms. The lowest BCUT2D eigenvalue weighted by atomic mass is 10.1. The number of hydrogen-bond acceptors (Lipinski definition) is 4. The van der Waals surface area contributed by atoms with Crippen LogP contribution in [0.4, 0.5) is 5.69 Å². The Morgan fingerprint density at radius 1 is 1.08 bits per heavy atom. The maximum absolute atomic E-state index is 12.2. The minimum Gasteiger partial charge on any atom is -0.497 e. The molecule has 0 aliphatic rings. The maximum atomic E-state index is 12.2. The number of rotatable bonds is 5. The van der Waals surface area contributed by atoms with Crippen molar-refractivity contribution in [2.24, 2.45) is 0 Å². The summed E-state index contributed by atoms with van der Waals surface area (Å²) in [6, 6.07) is 13.0. The Kier molecular flexibility index (Phi) is 6.80. The van der Waals surface area contributed by atoms with Crippen LogP contribution in [0.5, 0.6) is 11.5 Å². The second kappa shape index (κ2) is 9.05. The highest BCUT2D eigenvalue weighted by molar-refractivity contribution is 7.80. The van der Waals surface area contributed by atoms with Crippen molar-refractivity contribution < 1.29 is 14.3 Å². The molecule has 0 unspecified atom stereocenters. The Hall–Kier alpha value is -2.80. The van der Waals surface area contributed by atoms with Crippen LogP contribution >= 0.6 is 12.2 Å². The van der Waals surface area contributed by atoms with Gasteiger partial charge < -0.3 is 14.8 Å². The predicted molar refractivity (Wildman–Crippen MR) is 106 cm³/mol. The highest BCUT2D eigenvalue weighted by atomic mass is 32.1. The number of thiocarbonyl (C=S) groups is 1. The third-order valence-electron chi connectivity index (χ3n) is 3.65. The monoisotopic (exact) mass is 373 g/mol. The fourth-order valence-electron chi connectivity index (χ4n) is 2.26. The molecule has 0 radical (unpaired) electrons. The second-order valence-electron chi connectivity index (χ2n) is 5.83. The average Bonchev–Trinajstić information content (AvgIpc) is 2.62. The summed E-state index contributed by atoms with van der Waals surface area (Å²) in [5.41, 5.74) is 8.32. The smallest absolute Gasteiger partial charge is 0.279 e. The minimum atomic E-state index is -0.710. The van der Waals surface area contributed by atoms with Gasteiger partial charge in [0.05, 0.1) is 7.11 Å². The first-order valence-electron chi connectivity index (χ1n) is 8.14. The highest BCUT2D eigenvalue weighted by Crippen LogP contribution is 2.20. The average molecular weight is 373 g/mol. The number of amides is 1. The topological polar surface area (TPSA) is 71.6 Å². The molecule has 0 bridgehead atoms. The van der Waals surface area contributed by atoms with Gasteiger partial charge in [-0.2, -0.15) is 0 Å². The molecular weight excluding hydrogens is 350 g/mol. The number of carbonyl (C=O) groups excluding carboxylic acids is 1. The number of carbonyl (C=O) groups is 1. The SMILES string of the molecule is COc1cccc(O[C@H](C)C(=O)NNC(=S)Nc2ccc(C)cc2C)c1. The van der Waals surface area contributed by atoms with Gasteiger partial charge in [0.25, 0.3) is 5.91 Å². The predicted octanol–water partition coefficient (Wildman–Crippen LogP) is 3.10. The summed E-state index contributed by atoms with van der Waals surface area (Å²) in [6.07, 6.45) is -0.710. The van der Waals surface area contributed by atoms with Crippen LogP contribution in [0.25, 0.3) is 0 Å². The molecular formula is C19H23N3O3S. The summed E-state index contributed by atoms with van der Waals surface area (Å²) in [7, 11) is 1.57. The Balaban J connectivity index is 1.83. The van der Waals surface area contributed by atoms with Gasteiger partial charge in [-0.1, -0.05) is 23.8 Å². The van der Waals surface area contributed by atoms with Crippen LogP contribution < -0.4 is 25.6 Å². The Morgan fingerprint density at radius 3 is 2.50 bits per heavy atom. The number of hydrogen-bond donors (Lipinski definition) is 3. The van der Waals surface area contributed by atoms with Crippen molar-refractivity contribution in [3.05, 3.63) is 53.6 Å². The lowest BCUT2D eigenvalue weighted by Gasteiger charge is -2.17. The highest BCUT2D eigenvalue weighted by Gasteiger charge is 2.15. The molecule has 0 saturated carbocycles. The van der Waals surface area contributed by atoms with Crippen LogP contribution in [-0.4, -0.2) is 24.2 Å². The van der Waals surface area contributed by atoms with Gasteiger partial charge >= 0.3 is 0 Å². The molecule has 2 aromatic rings. The van der Waals surface area contributed by atoms with E-state index < -0.39 is 6.10 Å². The van der Waals surface area contributed by atoms with E-state index in [0.717, 1.165) is 11.3 Å². The van der Waals surface area contributed by atoms with Crippen molar-refractivity contribution >= 4 is 28.9 Å². The van der Waals surface area contributed by atoms with Gasteiger partial charge in [0.2, 0.25) is 0 Å². The first-order chi connectivity index (χ1) is 12.4. The third-order valence-corrected chi connectivity index (χ3v) is 3.86. The second-order valence-corrected chi connectivity index (χ2v) is 6.23. The van der Waals surface area contributed by atoms with Gasteiger partial charge in [0.1, 0.15) is 11.5 Å². The van der Waals surface area contributed by atoms with Crippen molar-refractivity contribution in [2.75, 3.05) is 12.4 Å². The van der Waals surface area contributed by atoms with Crippen molar-refractivity contribution in [2.45, 2.75) is 26.9 Å². The third kappa shape index (κ3) is 5.63. The number of aryl methyl sites for hydroxylation is 2. The molecule has 138 valence electrons. The number of ether oxygens (including phenoxy) is 2. The van der Waals surface area contributed by atoms with E-state index in [1.54, 1.807) is 38.3 Å². The molecule has 0 aromatic heterocycles. The van der Waals surface area contributed by atoms with Gasteiger partial charge in [-0.3, -0.25) is 15.6 Å². The Bertz CT molecular complexity index is 795. The molecule has 6 nitrogen and oxygen atoms in total. The van der Waals surface area contributed by atoms with Gasteiger partial charge in [0.15, 0.2) is 11.2 Å². The zero-order valence-corrected chi connectivity index (χ0v) is 16.1. The largest absolute Gasteiger partial charge is 0.497 e. The van der Waals surface area contributed by atoms with Crippen molar-refractivity contribution in [3.8, 4) is 11.5 Å². The number of anilines is 1. The van der Waals surface area contributed by atoms with Crippen LogP contribution in [0.2, 0.25) is 0 Å². The van der Waals surface area contributed by atoms with Gasteiger partial charge in [-0.15, -0.1) is 0 Å². The lowest BCUT2D eigenvalue weighted by molar-refractivity contribution is -0.127. The van der Waals surface area contributed by atoms with E-state index in [9.17, 15) is 4.79 Å². The van der Waals surface area contributed by atoms with Gasteiger partial charge in [-0.05, 0) is 56.8 Å². The van der Waals surface area contributed by atoms with Crippen molar-refractivity contribution in [3.63, 3.8) is 0 Å². The molecule has 2 aromatic carbocycles. The summed E-state index contributed by atoms with van der Waals surface area (Å²) < 4.78 is 10.7. The molecule has 1 amide bonds. The van der Waals surface area contributed by atoms with Gasteiger partial charge in [-0.25, -0.2) is 0 Å². The normalized spacial score (nSPS) is 11.2. The van der Waals surface area contributed by atoms with E-state index >= 15 is 0 Å². The number of nitrogens with one attached hydrogen (secondary N) is 3. The molecule has 0 heterocycles. The molecule has 0 spiro atoms. The van der Waals surface area contributed by atoms with E-state index in [1.807, 2.05) is 32.0 Å². The number of benzene rings is 2. The van der Waals surface area contributed by atoms with Crippen molar-refractivity contribution in [1.29, 1.82) is 0 Å². The quantitative estimate of drug-likeness (QED) is 0.553. The molecule has 7 heteroatoms. The maximum Gasteiger partial charge on any atom is 0.279 e. The summed E-state index contributed by atoms with van der Waals surface area (Å²) >= 11 is 5.20. The molecule has 0 fully saturated rings. The number of methoxy groups -OCH3 is 1. The first-order valence-corrected chi connectivity index (χ1v) is 8.54. The summed E-state index contributed by atoms with van der Waals surface area (Å²) in [5.74, 6) is 0.854. The molecule has 2 rings (SSSR count). The zero-order valence-electron chi connectivity index (χ0n) is 15.3. The lowest BCUT2D eigenvalue weighted by Crippen LogP contribution is -2.48. The minimum absolute atomic E-state index is 0.291. The Morgan fingerprint density at radius 2 is 1.81 bits per heavy atom. The van der Waals surface area contributed by atoms with Crippen molar-refractivity contribution in [1.82, 2.24) is 10.9 Å². The van der Waals surface area contributed by atoms with Crippen LogP contribution in [0.3, 0.4) is 0 Å². The zero-order chi connectivity index (χ0) is 19.1. The fourth-order valence-corrected chi connectivity index (χ4v) is 2.42. The molecule has 0 aliphatic heterocycles. The fraction of sp³-hybridized carbons (Fsp3) is 0.263. The summed E-state index contributed by atoms with van der Waals surface area (Å²) in [4.78, 5) is 12.2. The summed E-state index contributed by atoms with van der Waals surface area (Å²) in [5, 5.41) is 3.34. The van der Waals surface area contributed by atoms with Crippen LogP contribution in [-0.2, 0) is 4.79 Å². The van der Waals surface area contributed by atoms with Crippen LogP contribution in [0, 0.1) is 13.8 Å². The molecule has 0 aliphatic carbocycles.